The monoisotopic (exact) mass is 626 g/mol. The Morgan fingerprint density at radius 1 is 1.09 bits per heavy atom. The van der Waals surface area contributed by atoms with Gasteiger partial charge in [0, 0.05) is 31.1 Å². The first-order valence-corrected chi connectivity index (χ1v) is 13.5. The first kappa shape index (κ1) is 32.5. The number of carbonyl (C=O) groups is 4. The van der Waals surface area contributed by atoms with Crippen LogP contribution in [0.1, 0.15) is 29.9 Å². The number of hydrogen-bond acceptors (Lipinski definition) is 9. The van der Waals surface area contributed by atoms with Gasteiger partial charge in [-0.1, -0.05) is 6.92 Å². The lowest BCUT2D eigenvalue weighted by Gasteiger charge is -2.41. The Labute approximate surface area is 248 Å². The van der Waals surface area contributed by atoms with Crippen LogP contribution in [0.25, 0.3) is 0 Å². The van der Waals surface area contributed by atoms with Gasteiger partial charge in [-0.05, 0) is 19.1 Å². The SMILES string of the molecule is C[C@H]1NC(=O)C(C2COC2)N(C)C(=O)[C@H](C)[C@H](O)[C@H](Cc2c(F)nc(F)c(F)c2F)NC(=O)[C@H]1NC(=O)c1ncccc1O. The van der Waals surface area contributed by atoms with Gasteiger partial charge in [0.15, 0.2) is 11.5 Å². The molecule has 4 heterocycles. The Balaban J connectivity index is 1.76. The van der Waals surface area contributed by atoms with Gasteiger partial charge in [-0.2, -0.15) is 18.2 Å². The van der Waals surface area contributed by atoms with E-state index in [-0.39, 0.29) is 13.2 Å². The molecule has 0 spiro atoms. The highest BCUT2D eigenvalue weighted by Gasteiger charge is 2.44. The molecule has 4 amide bonds. The number of aliphatic hydroxyl groups excluding tert-OH is 1. The Hall–Kier alpha value is -4.38. The van der Waals surface area contributed by atoms with Crippen molar-refractivity contribution in [3.8, 4) is 5.75 Å². The summed E-state index contributed by atoms with van der Waals surface area (Å²) in [6.45, 7) is 2.81. The van der Waals surface area contributed by atoms with E-state index >= 15 is 0 Å². The first-order chi connectivity index (χ1) is 20.7. The molecule has 13 nitrogen and oxygen atoms in total. The van der Waals surface area contributed by atoms with E-state index in [2.05, 4.69) is 25.9 Å². The molecule has 2 fully saturated rings. The van der Waals surface area contributed by atoms with E-state index in [0.717, 1.165) is 4.90 Å². The van der Waals surface area contributed by atoms with E-state index in [0.29, 0.717) is 0 Å². The Morgan fingerprint density at radius 3 is 2.39 bits per heavy atom. The number of amides is 4. The zero-order valence-corrected chi connectivity index (χ0v) is 23.7. The molecule has 0 saturated carbocycles. The molecule has 0 radical (unpaired) electrons. The first-order valence-electron chi connectivity index (χ1n) is 13.5. The van der Waals surface area contributed by atoms with Gasteiger partial charge < -0.3 is 35.8 Å². The predicted octanol–water partition coefficient (Wildman–Crippen LogP) is -0.447. The van der Waals surface area contributed by atoms with E-state index in [1.807, 2.05) is 0 Å². The molecular weight excluding hydrogens is 596 g/mol. The molecule has 17 heteroatoms. The minimum absolute atomic E-state index is 0.116. The lowest BCUT2D eigenvalue weighted by molar-refractivity contribution is -0.155. The topological polar surface area (TPSA) is 183 Å². The fourth-order valence-electron chi connectivity index (χ4n) is 5.13. The number of rotatable bonds is 5. The average molecular weight is 627 g/mol. The van der Waals surface area contributed by atoms with Crippen molar-refractivity contribution < 1.29 is 51.7 Å². The zero-order chi connectivity index (χ0) is 32.5. The Bertz CT molecular complexity index is 1460. The summed E-state index contributed by atoms with van der Waals surface area (Å²) in [4.78, 5) is 61.1. The van der Waals surface area contributed by atoms with E-state index < -0.39 is 113 Å². The van der Waals surface area contributed by atoms with Crippen LogP contribution in [-0.4, -0.2) is 99.2 Å². The summed E-state index contributed by atoms with van der Waals surface area (Å²) in [6, 6.07) is -3.25. The minimum atomic E-state index is -2.10. The van der Waals surface area contributed by atoms with Gasteiger partial charge in [0.2, 0.25) is 29.5 Å². The fourth-order valence-corrected chi connectivity index (χ4v) is 5.13. The summed E-state index contributed by atoms with van der Waals surface area (Å²) in [6.07, 6.45) is -1.71. The van der Waals surface area contributed by atoms with Crippen LogP contribution in [0.15, 0.2) is 18.3 Å². The third-order valence-corrected chi connectivity index (χ3v) is 7.73. The van der Waals surface area contributed by atoms with Crippen LogP contribution < -0.4 is 16.0 Å². The molecule has 2 aliphatic heterocycles. The number of halogens is 4. The maximum Gasteiger partial charge on any atom is 0.274 e. The zero-order valence-electron chi connectivity index (χ0n) is 23.7. The number of ether oxygens (including phenoxy) is 1. The number of nitrogens with one attached hydrogen (secondary N) is 3. The second kappa shape index (κ2) is 13.1. The van der Waals surface area contributed by atoms with Crippen molar-refractivity contribution in [3.63, 3.8) is 0 Å². The molecule has 2 saturated heterocycles. The molecule has 0 aromatic carbocycles. The third-order valence-electron chi connectivity index (χ3n) is 7.73. The number of nitrogens with zero attached hydrogens (tertiary/aromatic N) is 3. The molecule has 44 heavy (non-hydrogen) atoms. The van der Waals surface area contributed by atoms with Gasteiger partial charge in [-0.25, -0.2) is 9.37 Å². The molecule has 6 atom stereocenters. The number of likely N-dealkylation sites (N-methyl/N-ethyl adjacent to an activating group) is 1. The lowest BCUT2D eigenvalue weighted by atomic mass is 9.89. The van der Waals surface area contributed by atoms with Crippen molar-refractivity contribution in [3.05, 3.63) is 53.1 Å². The molecule has 0 bridgehead atoms. The van der Waals surface area contributed by atoms with Crippen molar-refractivity contribution in [2.45, 2.75) is 50.5 Å². The Morgan fingerprint density at radius 2 is 1.77 bits per heavy atom. The molecule has 238 valence electrons. The summed E-state index contributed by atoms with van der Waals surface area (Å²) in [5, 5.41) is 28.6. The predicted molar refractivity (Wildman–Crippen MR) is 141 cm³/mol. The van der Waals surface area contributed by atoms with Gasteiger partial charge in [-0.15, -0.1) is 0 Å². The van der Waals surface area contributed by atoms with E-state index in [4.69, 9.17) is 4.74 Å². The molecule has 1 unspecified atom stereocenters. The van der Waals surface area contributed by atoms with Crippen molar-refractivity contribution in [2.24, 2.45) is 11.8 Å². The molecule has 0 aliphatic carbocycles. The average Bonchev–Trinajstić information content (AvgIpc) is 2.95. The Kier molecular flexibility index (Phi) is 9.68. The van der Waals surface area contributed by atoms with E-state index in [1.54, 1.807) is 0 Å². The largest absolute Gasteiger partial charge is 0.505 e. The van der Waals surface area contributed by atoms with Crippen LogP contribution in [-0.2, 0) is 25.5 Å². The number of aromatic hydroxyl groups is 1. The highest BCUT2D eigenvalue weighted by Crippen LogP contribution is 2.25. The number of aromatic nitrogens is 2. The van der Waals surface area contributed by atoms with Crippen LogP contribution in [0.5, 0.6) is 5.75 Å². The highest BCUT2D eigenvalue weighted by atomic mass is 19.2. The molecule has 5 N–H and O–H groups in total. The smallest absolute Gasteiger partial charge is 0.274 e. The molecule has 2 aromatic heterocycles. The van der Waals surface area contributed by atoms with E-state index in [1.165, 1.54) is 39.2 Å². The number of aliphatic hydroxyl groups is 1. The summed E-state index contributed by atoms with van der Waals surface area (Å²) >= 11 is 0. The van der Waals surface area contributed by atoms with Gasteiger partial charge in [0.1, 0.15) is 17.8 Å². The van der Waals surface area contributed by atoms with Gasteiger partial charge in [-0.3, -0.25) is 19.2 Å². The van der Waals surface area contributed by atoms with Gasteiger partial charge in [0.05, 0.1) is 37.3 Å². The van der Waals surface area contributed by atoms with Crippen LogP contribution in [0, 0.1) is 35.4 Å². The standard InChI is InChI=1S/C27H30F4N6O7/c1-10-21(39)14(7-13-16(28)17(29)23(31)36-22(13)30)34-24(40)18(35-25(41)19-15(38)5-4-6-32-19)11(2)33-26(42)20(12-8-44-9-12)37(3)27(10)43/h4-6,10-12,14,18,20-21,38-39H,7-9H2,1-3H3,(H,33,42)(H,34,40)(H,35,41)/t10-,11-,14+,18+,20?,21+/m1/s1. The number of pyridine rings is 2. The van der Waals surface area contributed by atoms with E-state index in [9.17, 15) is 47.0 Å². The highest BCUT2D eigenvalue weighted by molar-refractivity contribution is 5.98. The third kappa shape index (κ3) is 6.42. The molecule has 2 aromatic rings. The van der Waals surface area contributed by atoms with Crippen LogP contribution in [0.4, 0.5) is 17.6 Å². The van der Waals surface area contributed by atoms with Gasteiger partial charge >= 0.3 is 0 Å². The fraction of sp³-hybridized carbons (Fsp3) is 0.481. The van der Waals surface area contributed by atoms with Crippen LogP contribution in [0.2, 0.25) is 0 Å². The van der Waals surface area contributed by atoms with Crippen molar-refractivity contribution in [2.75, 3.05) is 20.3 Å². The van der Waals surface area contributed by atoms with Crippen molar-refractivity contribution in [1.82, 2.24) is 30.8 Å². The maximum absolute atomic E-state index is 14.6. The number of hydrogen-bond donors (Lipinski definition) is 5. The second-order valence-corrected chi connectivity index (χ2v) is 10.7. The van der Waals surface area contributed by atoms with Gasteiger partial charge in [0.25, 0.3) is 11.9 Å². The molecule has 4 rings (SSSR count). The molecule has 2 aliphatic rings. The summed E-state index contributed by atoms with van der Waals surface area (Å²) in [5.74, 6) is -13.9. The normalized spacial score (nSPS) is 27.0. The van der Waals surface area contributed by atoms with Crippen molar-refractivity contribution in [1.29, 1.82) is 0 Å². The van der Waals surface area contributed by atoms with Crippen molar-refractivity contribution >= 4 is 23.6 Å². The number of carbonyl (C=O) groups excluding carboxylic acids is 4. The summed E-state index contributed by atoms with van der Waals surface area (Å²) < 4.78 is 61.9. The quantitative estimate of drug-likeness (QED) is 0.217. The summed E-state index contributed by atoms with van der Waals surface area (Å²) in [5.41, 5.74) is -1.60. The maximum atomic E-state index is 14.6. The van der Waals surface area contributed by atoms with Crippen LogP contribution in [0.3, 0.4) is 0 Å². The lowest BCUT2D eigenvalue weighted by Crippen LogP contribution is -2.65. The second-order valence-electron chi connectivity index (χ2n) is 10.7. The van der Waals surface area contributed by atoms with Crippen LogP contribution >= 0.6 is 0 Å². The summed E-state index contributed by atoms with van der Waals surface area (Å²) in [7, 11) is 1.31. The molecular formula is C27H30F4N6O7. The minimum Gasteiger partial charge on any atom is -0.505 e.